The average Bonchev–Trinajstić information content (AvgIpc) is 3.28. The van der Waals surface area contributed by atoms with Crippen LogP contribution in [0.15, 0.2) is 35.5 Å². The molecule has 0 spiro atoms. The van der Waals surface area contributed by atoms with Crippen molar-refractivity contribution in [2.45, 2.75) is 24.8 Å². The predicted molar refractivity (Wildman–Crippen MR) is 137 cm³/mol. The number of aliphatic carboxylic acids is 1. The largest absolute Gasteiger partial charge is 0.477 e. The summed E-state index contributed by atoms with van der Waals surface area (Å²) < 4.78 is 28.2. The number of para-hydroxylation sites is 1. The van der Waals surface area contributed by atoms with E-state index in [1.807, 2.05) is 0 Å². The number of fused-ring (bicyclic) bond motifs is 1. The highest BCUT2D eigenvalue weighted by molar-refractivity contribution is 8.00. The van der Waals surface area contributed by atoms with Gasteiger partial charge in [0.1, 0.15) is 23.7 Å². The number of esters is 1. The van der Waals surface area contributed by atoms with Crippen molar-refractivity contribution in [1.82, 2.24) is 19.4 Å². The Balaban J connectivity index is 1.40. The number of ether oxygens (including phenoxy) is 1. The molecule has 16 nitrogen and oxygen atoms in total. The summed E-state index contributed by atoms with van der Waals surface area (Å²) in [7, 11) is -4.33. The van der Waals surface area contributed by atoms with Gasteiger partial charge in [-0.15, -0.1) is 11.8 Å². The lowest BCUT2D eigenvalue weighted by Crippen LogP contribution is -2.70. The van der Waals surface area contributed by atoms with Crippen LogP contribution in [0.2, 0.25) is 0 Å². The van der Waals surface area contributed by atoms with E-state index in [4.69, 9.17) is 9.88 Å². The fourth-order valence-corrected chi connectivity index (χ4v) is 6.28. The summed E-state index contributed by atoms with van der Waals surface area (Å²) in [6.45, 7) is 0.379. The molecule has 4 rings (SSSR count). The molecular formula is C22H24N6O10S2. The number of thioether (sulfide) groups is 1. The minimum Gasteiger partial charge on any atom is -0.477 e. The predicted octanol–water partition coefficient (Wildman–Crippen LogP) is -0.996. The van der Waals surface area contributed by atoms with E-state index in [0.717, 1.165) is 4.90 Å². The normalized spacial score (nSPS) is 20.6. The second-order valence-corrected chi connectivity index (χ2v) is 11.4. The van der Waals surface area contributed by atoms with Crippen LogP contribution >= 0.6 is 11.8 Å². The van der Waals surface area contributed by atoms with Gasteiger partial charge in [0.15, 0.2) is 0 Å². The Labute approximate surface area is 231 Å². The maximum absolute atomic E-state index is 12.9. The number of nitrogens with one attached hydrogen (secondary N) is 2. The Kier molecular flexibility index (Phi) is 8.03. The van der Waals surface area contributed by atoms with Crippen LogP contribution in [0.3, 0.4) is 0 Å². The number of rotatable bonds is 8. The van der Waals surface area contributed by atoms with Crippen molar-refractivity contribution in [2.75, 3.05) is 30.8 Å². The molecule has 40 heavy (non-hydrogen) atoms. The molecule has 3 heterocycles. The van der Waals surface area contributed by atoms with E-state index < -0.39 is 57.4 Å². The summed E-state index contributed by atoms with van der Waals surface area (Å²) in [5.41, 5.74) is 0.476. The van der Waals surface area contributed by atoms with E-state index in [2.05, 4.69) is 10.6 Å². The molecule has 18 heteroatoms. The number of carboxylic acid groups (broad SMARTS) is 1. The van der Waals surface area contributed by atoms with Crippen molar-refractivity contribution in [1.29, 1.82) is 0 Å². The molecule has 6 amide bonds. The molecule has 5 N–H and O–H groups in total. The lowest BCUT2D eigenvalue weighted by molar-refractivity contribution is -0.151. The molecule has 0 saturated carbocycles. The molecule has 3 aliphatic rings. The first-order valence-electron chi connectivity index (χ1n) is 11.6. The number of benzene rings is 1. The number of anilines is 1. The molecule has 2 saturated heterocycles. The summed E-state index contributed by atoms with van der Waals surface area (Å²) >= 11 is 1.21. The maximum Gasteiger partial charge on any atom is 0.352 e. The lowest BCUT2D eigenvalue weighted by Gasteiger charge is -2.49. The molecule has 1 unspecified atom stereocenters. The van der Waals surface area contributed by atoms with Gasteiger partial charge in [-0.25, -0.2) is 28.7 Å². The second-order valence-electron chi connectivity index (χ2n) is 8.81. The molecular weight excluding hydrogens is 572 g/mol. The maximum atomic E-state index is 12.9. The Hall–Kier alpha value is -4.16. The van der Waals surface area contributed by atoms with Crippen LogP contribution in [0.25, 0.3) is 0 Å². The monoisotopic (exact) mass is 596 g/mol. The van der Waals surface area contributed by atoms with E-state index in [1.54, 1.807) is 12.1 Å². The quantitative estimate of drug-likeness (QED) is 0.210. The van der Waals surface area contributed by atoms with Crippen molar-refractivity contribution in [3.05, 3.63) is 41.1 Å². The van der Waals surface area contributed by atoms with Gasteiger partial charge in [-0.1, -0.05) is 18.2 Å². The van der Waals surface area contributed by atoms with E-state index in [-0.39, 0.29) is 48.8 Å². The summed E-state index contributed by atoms with van der Waals surface area (Å²) in [6, 6.07) is 3.14. The van der Waals surface area contributed by atoms with Crippen molar-refractivity contribution in [3.63, 3.8) is 0 Å². The third kappa shape index (κ3) is 5.73. The average molecular weight is 597 g/mol. The first kappa shape index (κ1) is 28.8. The molecule has 0 aliphatic carbocycles. The van der Waals surface area contributed by atoms with Crippen LogP contribution in [0.4, 0.5) is 15.3 Å². The number of nitrogens with zero attached hydrogens (tertiary/aromatic N) is 3. The van der Waals surface area contributed by atoms with Crippen LogP contribution in [0.1, 0.15) is 12.5 Å². The molecule has 214 valence electrons. The number of urea groups is 2. The van der Waals surface area contributed by atoms with E-state index in [1.165, 1.54) is 30.8 Å². The molecule has 2 fully saturated rings. The molecule has 2 atom stereocenters. The number of nitrogens with two attached hydrogens (primary N) is 1. The Morgan fingerprint density at radius 3 is 2.50 bits per heavy atom. The number of imide groups is 1. The Morgan fingerprint density at radius 1 is 1.18 bits per heavy atom. The van der Waals surface area contributed by atoms with Gasteiger partial charge < -0.3 is 20.5 Å². The van der Waals surface area contributed by atoms with Crippen LogP contribution in [0, 0.1) is 0 Å². The van der Waals surface area contributed by atoms with Crippen LogP contribution in [-0.4, -0.2) is 100 Å². The standard InChI is InChI=1S/C22H24N6O10S2/c1-11(29)38-9-13-10-39-19-16(18(31)28(19)17(13)20(32)33)25-15(30)8-12-4-2-3-5-14(12)24-21(34)26-6-7-27(22(26)35)40(23,36)37/h2-5,16,19H,6-10H2,1H3,(H,24,34)(H,25,30)(H,32,33)(H2,23,36,37)/t16?,19-/m1/s1. The highest BCUT2D eigenvalue weighted by Gasteiger charge is 2.54. The molecule has 1 aromatic rings. The fraction of sp³-hybridized carbons (Fsp3) is 0.364. The number of amides is 6. The lowest BCUT2D eigenvalue weighted by atomic mass is 10.0. The van der Waals surface area contributed by atoms with Crippen molar-refractivity contribution >= 4 is 63.5 Å². The number of hydrogen-bond acceptors (Lipinski definition) is 10. The van der Waals surface area contributed by atoms with Gasteiger partial charge in [0.05, 0.1) is 19.5 Å². The molecule has 1 aromatic carbocycles. The number of hydrogen-bond donors (Lipinski definition) is 4. The van der Waals surface area contributed by atoms with Crippen molar-refractivity contribution in [2.24, 2.45) is 5.14 Å². The Morgan fingerprint density at radius 2 is 1.88 bits per heavy atom. The number of carbonyl (C=O) groups excluding carboxylic acids is 5. The third-order valence-electron chi connectivity index (χ3n) is 6.15. The smallest absolute Gasteiger partial charge is 0.352 e. The zero-order valence-corrected chi connectivity index (χ0v) is 22.5. The number of β-lactam (4-membered cyclic amide) rings is 1. The summed E-state index contributed by atoms with van der Waals surface area (Å²) in [5.74, 6) is -3.03. The van der Waals surface area contributed by atoms with Crippen molar-refractivity contribution in [3.8, 4) is 0 Å². The summed E-state index contributed by atoms with van der Waals surface area (Å²) in [4.78, 5) is 75.3. The Bertz CT molecular complexity index is 1440. The van der Waals surface area contributed by atoms with E-state index in [0.29, 0.717) is 14.8 Å². The zero-order valence-electron chi connectivity index (χ0n) is 20.9. The molecule has 0 radical (unpaired) electrons. The van der Waals surface area contributed by atoms with Crippen LogP contribution in [-0.2, 0) is 40.5 Å². The van der Waals surface area contributed by atoms with Gasteiger partial charge in [-0.3, -0.25) is 19.3 Å². The highest BCUT2D eigenvalue weighted by atomic mass is 32.2. The number of carboxylic acids is 1. The molecule has 0 aromatic heterocycles. The van der Waals surface area contributed by atoms with E-state index in [9.17, 15) is 42.3 Å². The topological polar surface area (TPSA) is 226 Å². The minimum absolute atomic E-state index is 0.169. The fourth-order valence-electron chi connectivity index (χ4n) is 4.30. The third-order valence-corrected chi connectivity index (χ3v) is 8.44. The SMILES string of the molecule is CC(=O)OCC1=C(C(=O)O)N2C(=O)C(NC(=O)Cc3ccccc3NC(=O)N3CCN(S(N)(=O)=O)C3=O)[C@H]2SC1. The summed E-state index contributed by atoms with van der Waals surface area (Å²) in [6.07, 6.45) is -0.284. The van der Waals surface area contributed by atoms with Gasteiger partial charge in [0.25, 0.3) is 5.91 Å². The number of carbonyl (C=O) groups is 6. The highest BCUT2D eigenvalue weighted by Crippen LogP contribution is 2.40. The zero-order chi connectivity index (χ0) is 29.4. The van der Waals surface area contributed by atoms with Crippen LogP contribution in [0.5, 0.6) is 0 Å². The first-order valence-corrected chi connectivity index (χ1v) is 14.2. The molecule has 3 aliphatic heterocycles. The van der Waals surface area contributed by atoms with Gasteiger partial charge >= 0.3 is 34.2 Å². The van der Waals surface area contributed by atoms with E-state index >= 15 is 0 Å². The minimum atomic E-state index is -4.33. The van der Waals surface area contributed by atoms with Crippen LogP contribution < -0.4 is 15.8 Å². The second kappa shape index (κ2) is 11.1. The first-order chi connectivity index (χ1) is 18.8. The summed E-state index contributed by atoms with van der Waals surface area (Å²) in [5, 5.41) is 19.0. The van der Waals surface area contributed by atoms with Gasteiger partial charge in [0, 0.05) is 23.9 Å². The molecule has 0 bridgehead atoms. The van der Waals surface area contributed by atoms with Gasteiger partial charge in [-0.05, 0) is 11.6 Å². The van der Waals surface area contributed by atoms with Gasteiger partial charge in [0.2, 0.25) is 5.91 Å². The van der Waals surface area contributed by atoms with Gasteiger partial charge in [-0.2, -0.15) is 8.42 Å². The van der Waals surface area contributed by atoms with Crippen molar-refractivity contribution < 1.29 is 47.0 Å².